The Bertz CT molecular complexity index is 430. The Morgan fingerprint density at radius 2 is 2.24 bits per heavy atom. The second kappa shape index (κ2) is 4.96. The van der Waals surface area contributed by atoms with Crippen molar-refractivity contribution in [3.05, 3.63) is 35.1 Å². The number of halogens is 1. The molecule has 2 atom stereocenters. The summed E-state index contributed by atoms with van der Waals surface area (Å²) < 4.78 is 13.2. The van der Waals surface area contributed by atoms with Crippen LogP contribution >= 0.6 is 0 Å². The molecule has 0 spiro atoms. The van der Waals surface area contributed by atoms with Gasteiger partial charge in [0.1, 0.15) is 5.82 Å². The zero-order chi connectivity index (χ0) is 12.4. The molecule has 0 aliphatic heterocycles. The minimum atomic E-state index is -0.261. The van der Waals surface area contributed by atoms with Crippen molar-refractivity contribution in [1.82, 2.24) is 0 Å². The minimum absolute atomic E-state index is 0.0323. The van der Waals surface area contributed by atoms with E-state index in [0.29, 0.717) is 23.6 Å². The minimum Gasteiger partial charge on any atom is -0.330 e. The molecule has 0 amide bonds. The molecule has 0 radical (unpaired) electrons. The van der Waals surface area contributed by atoms with Crippen LogP contribution in [0.25, 0.3) is 0 Å². The van der Waals surface area contributed by atoms with Gasteiger partial charge >= 0.3 is 0 Å². The molecule has 0 bridgehead atoms. The number of hydrogen-bond donors (Lipinski definition) is 1. The number of ketones is 1. The van der Waals surface area contributed by atoms with Gasteiger partial charge in [0.15, 0.2) is 5.78 Å². The van der Waals surface area contributed by atoms with Gasteiger partial charge in [-0.05, 0) is 56.0 Å². The summed E-state index contributed by atoms with van der Waals surface area (Å²) in [4.78, 5) is 12.3. The van der Waals surface area contributed by atoms with E-state index in [1.165, 1.54) is 6.07 Å². The van der Waals surface area contributed by atoms with Crippen LogP contribution in [0.1, 0.15) is 35.2 Å². The van der Waals surface area contributed by atoms with E-state index in [-0.39, 0.29) is 17.5 Å². The normalized spacial score (nSPS) is 23.9. The van der Waals surface area contributed by atoms with Gasteiger partial charge in [0.25, 0.3) is 0 Å². The molecule has 2 rings (SSSR count). The monoisotopic (exact) mass is 235 g/mol. The summed E-state index contributed by atoms with van der Waals surface area (Å²) in [5, 5.41) is 0. The first-order valence-electron chi connectivity index (χ1n) is 6.14. The Kier molecular flexibility index (Phi) is 3.57. The predicted molar refractivity (Wildman–Crippen MR) is 65.4 cm³/mol. The van der Waals surface area contributed by atoms with E-state index in [2.05, 4.69) is 0 Å². The molecule has 3 heteroatoms. The number of carbonyl (C=O) groups is 1. The number of Topliss-reactive ketones (excluding diaryl/α,β-unsaturated/α-hetero) is 1. The number of nitrogens with two attached hydrogens (primary N) is 1. The van der Waals surface area contributed by atoms with Crippen molar-refractivity contribution in [1.29, 1.82) is 0 Å². The van der Waals surface area contributed by atoms with E-state index in [1.807, 2.05) is 0 Å². The highest BCUT2D eigenvalue weighted by atomic mass is 19.1. The maximum atomic E-state index is 13.2. The molecule has 2 nitrogen and oxygen atoms in total. The smallest absolute Gasteiger partial charge is 0.166 e. The van der Waals surface area contributed by atoms with Crippen LogP contribution in [0.4, 0.5) is 4.39 Å². The molecular weight excluding hydrogens is 217 g/mol. The Labute approximate surface area is 101 Å². The van der Waals surface area contributed by atoms with Crippen molar-refractivity contribution in [2.24, 2.45) is 17.6 Å². The quantitative estimate of drug-likeness (QED) is 0.818. The van der Waals surface area contributed by atoms with Gasteiger partial charge in [-0.2, -0.15) is 0 Å². The van der Waals surface area contributed by atoms with Gasteiger partial charge in [-0.25, -0.2) is 4.39 Å². The van der Waals surface area contributed by atoms with Crippen LogP contribution in [-0.2, 0) is 0 Å². The maximum absolute atomic E-state index is 13.2. The van der Waals surface area contributed by atoms with Crippen LogP contribution in [-0.4, -0.2) is 12.3 Å². The summed E-state index contributed by atoms with van der Waals surface area (Å²) in [6.45, 7) is 2.25. The number of hydrogen-bond acceptors (Lipinski definition) is 2. The highest BCUT2D eigenvalue weighted by Crippen LogP contribution is 2.33. The fraction of sp³-hybridized carbons (Fsp3) is 0.500. The van der Waals surface area contributed by atoms with Crippen LogP contribution in [0.3, 0.4) is 0 Å². The lowest BCUT2D eigenvalue weighted by Gasteiger charge is -2.16. The molecule has 92 valence electrons. The lowest BCUT2D eigenvalue weighted by Crippen LogP contribution is -2.25. The highest BCUT2D eigenvalue weighted by molar-refractivity contribution is 5.98. The topological polar surface area (TPSA) is 43.1 Å². The van der Waals surface area contributed by atoms with E-state index in [4.69, 9.17) is 5.73 Å². The van der Waals surface area contributed by atoms with E-state index < -0.39 is 0 Å². The molecule has 2 N–H and O–H groups in total. The third-order valence-corrected chi connectivity index (χ3v) is 3.74. The van der Waals surface area contributed by atoms with E-state index in [0.717, 1.165) is 19.3 Å². The Morgan fingerprint density at radius 1 is 1.47 bits per heavy atom. The van der Waals surface area contributed by atoms with Gasteiger partial charge in [-0.3, -0.25) is 4.79 Å². The van der Waals surface area contributed by atoms with Crippen LogP contribution in [0.2, 0.25) is 0 Å². The first-order chi connectivity index (χ1) is 8.13. The Hall–Kier alpha value is -1.22. The molecule has 17 heavy (non-hydrogen) atoms. The molecular formula is C14H18FNO. The van der Waals surface area contributed by atoms with Gasteiger partial charge in [0.2, 0.25) is 0 Å². The second-order valence-corrected chi connectivity index (χ2v) is 4.86. The average Bonchev–Trinajstić information content (AvgIpc) is 2.80. The highest BCUT2D eigenvalue weighted by Gasteiger charge is 2.32. The molecule has 1 aliphatic rings. The molecule has 1 saturated carbocycles. The number of benzene rings is 1. The molecule has 0 saturated heterocycles. The molecule has 0 heterocycles. The van der Waals surface area contributed by atoms with Gasteiger partial charge in [0.05, 0.1) is 0 Å². The van der Waals surface area contributed by atoms with Crippen molar-refractivity contribution >= 4 is 5.78 Å². The van der Waals surface area contributed by atoms with E-state index >= 15 is 0 Å². The van der Waals surface area contributed by atoms with Crippen molar-refractivity contribution in [2.75, 3.05) is 6.54 Å². The van der Waals surface area contributed by atoms with Crippen LogP contribution in [0, 0.1) is 24.6 Å². The first kappa shape index (κ1) is 12.2. The zero-order valence-corrected chi connectivity index (χ0v) is 10.1. The van der Waals surface area contributed by atoms with E-state index in [1.54, 1.807) is 19.1 Å². The van der Waals surface area contributed by atoms with Gasteiger partial charge in [0, 0.05) is 11.5 Å². The lowest BCUT2D eigenvalue weighted by molar-refractivity contribution is 0.0893. The third kappa shape index (κ3) is 2.39. The van der Waals surface area contributed by atoms with Crippen molar-refractivity contribution < 1.29 is 9.18 Å². The standard InChI is InChI=1S/C14H18FNO/c1-9-7-10(5-6-13(9)15)14(17)12-4-2-3-11(12)8-16/h5-7,11-12H,2-4,8,16H2,1H3. The first-order valence-corrected chi connectivity index (χ1v) is 6.14. The predicted octanol–water partition coefficient (Wildman–Crippen LogP) is 2.69. The van der Waals surface area contributed by atoms with E-state index in [9.17, 15) is 9.18 Å². The van der Waals surface area contributed by atoms with Gasteiger partial charge in [-0.1, -0.05) is 6.42 Å². The summed E-state index contributed by atoms with van der Waals surface area (Å²) in [6, 6.07) is 4.59. The largest absolute Gasteiger partial charge is 0.330 e. The fourth-order valence-electron chi connectivity index (χ4n) is 2.68. The Balaban J connectivity index is 2.21. The maximum Gasteiger partial charge on any atom is 0.166 e. The summed E-state index contributed by atoms with van der Waals surface area (Å²) in [5.74, 6) is 0.196. The van der Waals surface area contributed by atoms with Crippen molar-refractivity contribution in [3.63, 3.8) is 0 Å². The van der Waals surface area contributed by atoms with Crippen LogP contribution in [0.5, 0.6) is 0 Å². The number of aryl methyl sites for hydroxylation is 1. The summed E-state index contributed by atoms with van der Waals surface area (Å²) in [7, 11) is 0. The SMILES string of the molecule is Cc1cc(C(=O)C2CCCC2CN)ccc1F. The van der Waals surface area contributed by atoms with Crippen molar-refractivity contribution in [2.45, 2.75) is 26.2 Å². The summed E-state index contributed by atoms with van der Waals surface area (Å²) in [6.07, 6.45) is 3.02. The summed E-state index contributed by atoms with van der Waals surface area (Å²) >= 11 is 0. The van der Waals surface area contributed by atoms with Crippen molar-refractivity contribution in [3.8, 4) is 0 Å². The van der Waals surface area contributed by atoms with Crippen LogP contribution in [0.15, 0.2) is 18.2 Å². The molecule has 0 aromatic heterocycles. The third-order valence-electron chi connectivity index (χ3n) is 3.74. The van der Waals surface area contributed by atoms with Gasteiger partial charge < -0.3 is 5.73 Å². The molecule has 2 unspecified atom stereocenters. The Morgan fingerprint density at radius 3 is 2.88 bits per heavy atom. The molecule has 1 aliphatic carbocycles. The molecule has 1 fully saturated rings. The molecule has 1 aromatic carbocycles. The zero-order valence-electron chi connectivity index (χ0n) is 10.1. The number of rotatable bonds is 3. The van der Waals surface area contributed by atoms with Crippen LogP contribution < -0.4 is 5.73 Å². The summed E-state index contributed by atoms with van der Waals surface area (Å²) in [5.41, 5.74) is 6.83. The number of carbonyl (C=O) groups excluding carboxylic acids is 1. The lowest BCUT2D eigenvalue weighted by atomic mass is 9.88. The second-order valence-electron chi connectivity index (χ2n) is 4.86. The average molecular weight is 235 g/mol. The molecule has 1 aromatic rings. The fourth-order valence-corrected chi connectivity index (χ4v) is 2.68. The van der Waals surface area contributed by atoms with Gasteiger partial charge in [-0.15, -0.1) is 0 Å².